The molecule has 0 spiro atoms. The fourth-order valence-electron chi connectivity index (χ4n) is 4.46. The summed E-state index contributed by atoms with van der Waals surface area (Å²) in [5.74, 6) is 0.0397. The number of methoxy groups -OCH3 is 1. The number of amides is 1. The molecule has 11 heteroatoms. The van der Waals surface area contributed by atoms with Crippen LogP contribution in [0.4, 0.5) is 17.1 Å². The summed E-state index contributed by atoms with van der Waals surface area (Å²) < 4.78 is 33.3. The van der Waals surface area contributed by atoms with Gasteiger partial charge in [-0.2, -0.15) is 0 Å². The summed E-state index contributed by atoms with van der Waals surface area (Å²) in [6, 6.07) is 18.2. The second kappa shape index (κ2) is 11.5. The molecule has 0 fully saturated rings. The van der Waals surface area contributed by atoms with Crippen molar-refractivity contribution in [1.82, 2.24) is 5.32 Å². The molecule has 3 aromatic rings. The van der Waals surface area contributed by atoms with Crippen molar-refractivity contribution in [3.05, 3.63) is 88.0 Å². The Bertz CT molecular complexity index is 1430. The number of nitrogens with zero attached hydrogens (tertiary/aromatic N) is 3. The third-order valence-electron chi connectivity index (χ3n) is 6.52. The number of ether oxygens (including phenoxy) is 1. The van der Waals surface area contributed by atoms with Crippen LogP contribution >= 0.6 is 0 Å². The quantitative estimate of drug-likeness (QED) is 0.225. The maximum absolute atomic E-state index is 13.6. The highest BCUT2D eigenvalue weighted by atomic mass is 32.2. The van der Waals surface area contributed by atoms with E-state index < -0.39 is 27.4 Å². The number of benzene rings is 3. The minimum atomic E-state index is -4.30. The van der Waals surface area contributed by atoms with E-state index in [0.717, 1.165) is 29.9 Å². The third-order valence-corrected chi connectivity index (χ3v) is 8.29. The molecule has 0 bridgehead atoms. The molecule has 38 heavy (non-hydrogen) atoms. The van der Waals surface area contributed by atoms with Crippen molar-refractivity contribution in [2.24, 2.45) is 0 Å². The molecule has 200 valence electrons. The average molecular weight is 539 g/mol. The zero-order valence-corrected chi connectivity index (χ0v) is 22.1. The molecular formula is C27H30N4O6S. The molecule has 0 radical (unpaired) electrons. The number of nitro groups is 1. The average Bonchev–Trinajstić information content (AvgIpc) is 3.33. The lowest BCUT2D eigenvalue weighted by Crippen LogP contribution is -2.41. The van der Waals surface area contributed by atoms with Gasteiger partial charge in [-0.05, 0) is 61.7 Å². The van der Waals surface area contributed by atoms with Gasteiger partial charge in [0, 0.05) is 37.0 Å². The molecule has 0 saturated heterocycles. The largest absolute Gasteiger partial charge is 0.497 e. The molecule has 1 aliphatic heterocycles. The highest BCUT2D eigenvalue weighted by Crippen LogP contribution is 2.29. The van der Waals surface area contributed by atoms with Gasteiger partial charge in [0.1, 0.15) is 12.3 Å². The predicted molar refractivity (Wildman–Crippen MR) is 145 cm³/mol. The lowest BCUT2D eigenvalue weighted by molar-refractivity contribution is -0.385. The first kappa shape index (κ1) is 26.9. The van der Waals surface area contributed by atoms with E-state index in [1.807, 2.05) is 12.1 Å². The Hall–Kier alpha value is -4.12. The van der Waals surface area contributed by atoms with Crippen molar-refractivity contribution in [2.75, 3.05) is 42.5 Å². The highest BCUT2D eigenvalue weighted by molar-refractivity contribution is 7.92. The van der Waals surface area contributed by atoms with Gasteiger partial charge in [-0.3, -0.25) is 19.2 Å². The normalized spacial score (nSPS) is 12.6. The number of sulfonamides is 1. The van der Waals surface area contributed by atoms with E-state index in [2.05, 4.69) is 22.3 Å². The van der Waals surface area contributed by atoms with E-state index in [0.29, 0.717) is 24.3 Å². The molecule has 0 saturated carbocycles. The van der Waals surface area contributed by atoms with Gasteiger partial charge in [0.05, 0.1) is 22.6 Å². The van der Waals surface area contributed by atoms with Gasteiger partial charge in [-0.25, -0.2) is 8.42 Å². The number of nitro benzene ring substituents is 1. The fourth-order valence-corrected chi connectivity index (χ4v) is 5.90. The molecule has 4 rings (SSSR count). The first-order valence-corrected chi connectivity index (χ1v) is 13.7. The Labute approximate surface area is 222 Å². The molecule has 0 atom stereocenters. The molecular weight excluding hydrogens is 508 g/mol. The van der Waals surface area contributed by atoms with E-state index >= 15 is 0 Å². The lowest BCUT2D eigenvalue weighted by atomic mass is 10.2. The second-order valence-corrected chi connectivity index (χ2v) is 10.8. The molecule has 1 amide bonds. The van der Waals surface area contributed by atoms with E-state index in [-0.39, 0.29) is 16.3 Å². The van der Waals surface area contributed by atoms with Crippen LogP contribution in [0.3, 0.4) is 0 Å². The zero-order valence-electron chi connectivity index (χ0n) is 21.3. The number of anilines is 2. The zero-order chi connectivity index (χ0) is 27.3. The molecule has 0 aliphatic carbocycles. The number of aryl methyl sites for hydroxylation is 1. The summed E-state index contributed by atoms with van der Waals surface area (Å²) in [5, 5.41) is 14.2. The van der Waals surface area contributed by atoms with Crippen LogP contribution in [0.25, 0.3) is 0 Å². The van der Waals surface area contributed by atoms with Gasteiger partial charge in [-0.15, -0.1) is 0 Å². The number of hydrogen-bond donors (Lipinski definition) is 1. The van der Waals surface area contributed by atoms with Crippen molar-refractivity contribution in [3.63, 3.8) is 0 Å². The van der Waals surface area contributed by atoms with E-state index in [4.69, 9.17) is 4.74 Å². The number of carbonyl (C=O) groups excluding carboxylic acids is 1. The monoisotopic (exact) mass is 538 g/mol. The molecule has 3 aromatic carbocycles. The predicted octanol–water partition coefficient (Wildman–Crippen LogP) is 3.68. The molecule has 0 unspecified atom stereocenters. The summed E-state index contributed by atoms with van der Waals surface area (Å²) in [6.07, 6.45) is 1.69. The van der Waals surface area contributed by atoms with Gasteiger partial charge in [0.25, 0.3) is 15.7 Å². The molecule has 1 aliphatic rings. The Kier molecular flexibility index (Phi) is 8.16. The Balaban J connectivity index is 1.48. The number of rotatable bonds is 11. The van der Waals surface area contributed by atoms with Gasteiger partial charge in [-0.1, -0.05) is 24.3 Å². The summed E-state index contributed by atoms with van der Waals surface area (Å²) in [6.45, 7) is 3.13. The first-order chi connectivity index (χ1) is 18.2. The summed E-state index contributed by atoms with van der Waals surface area (Å²) in [4.78, 5) is 25.7. The minimum Gasteiger partial charge on any atom is -0.497 e. The Morgan fingerprint density at radius 3 is 2.58 bits per heavy atom. The SMILES string of the molecule is COc1ccc(N(CC(=O)NCCCN2CCc3ccccc32)S(=O)(=O)c2ccc(C)c([N+](=O)[O-])c2)cc1. The van der Waals surface area contributed by atoms with Gasteiger partial charge < -0.3 is 15.0 Å². The maximum atomic E-state index is 13.6. The first-order valence-electron chi connectivity index (χ1n) is 12.2. The van der Waals surface area contributed by atoms with Crippen LogP contribution in [0.1, 0.15) is 17.5 Å². The number of hydrogen-bond acceptors (Lipinski definition) is 7. The van der Waals surface area contributed by atoms with Crippen molar-refractivity contribution < 1.29 is 22.9 Å². The highest BCUT2D eigenvalue weighted by Gasteiger charge is 2.29. The van der Waals surface area contributed by atoms with Gasteiger partial charge in [0.2, 0.25) is 5.91 Å². The maximum Gasteiger partial charge on any atom is 0.273 e. The van der Waals surface area contributed by atoms with Crippen LogP contribution in [0.2, 0.25) is 0 Å². The second-order valence-electron chi connectivity index (χ2n) is 8.98. The van der Waals surface area contributed by atoms with E-state index in [9.17, 15) is 23.3 Å². The van der Waals surface area contributed by atoms with Gasteiger partial charge in [0.15, 0.2) is 0 Å². The van der Waals surface area contributed by atoms with Crippen LogP contribution in [-0.4, -0.2) is 52.5 Å². The molecule has 1 N–H and O–H groups in total. The fraction of sp³-hybridized carbons (Fsp3) is 0.296. The standard InChI is InChI=1S/C27H30N4O6S/c1-20-8-13-24(18-26(20)31(33)34)38(35,36)30(22-9-11-23(37-2)12-10-22)19-27(32)28-15-5-16-29-17-14-21-6-3-4-7-25(21)29/h3-4,6-13,18H,5,14-17,19H2,1-2H3,(H,28,32). The summed E-state index contributed by atoms with van der Waals surface area (Å²) in [5.41, 5.74) is 2.78. The number of para-hydroxylation sites is 1. The van der Waals surface area contributed by atoms with Crippen molar-refractivity contribution in [2.45, 2.75) is 24.7 Å². The van der Waals surface area contributed by atoms with Crippen LogP contribution in [-0.2, 0) is 21.2 Å². The van der Waals surface area contributed by atoms with Gasteiger partial charge >= 0.3 is 0 Å². The van der Waals surface area contributed by atoms with Crippen molar-refractivity contribution in [1.29, 1.82) is 0 Å². The Morgan fingerprint density at radius 2 is 1.87 bits per heavy atom. The van der Waals surface area contributed by atoms with E-state index in [1.165, 1.54) is 49.5 Å². The van der Waals surface area contributed by atoms with Crippen molar-refractivity contribution in [3.8, 4) is 5.75 Å². The molecule has 1 heterocycles. The van der Waals surface area contributed by atoms with Crippen LogP contribution in [0.5, 0.6) is 5.75 Å². The topological polar surface area (TPSA) is 122 Å². The molecule has 0 aromatic heterocycles. The van der Waals surface area contributed by atoms with Crippen LogP contribution in [0.15, 0.2) is 71.6 Å². The Morgan fingerprint density at radius 1 is 1.13 bits per heavy atom. The lowest BCUT2D eigenvalue weighted by Gasteiger charge is -2.24. The number of carbonyl (C=O) groups is 1. The molecule has 10 nitrogen and oxygen atoms in total. The third kappa shape index (κ3) is 5.88. The number of nitrogens with one attached hydrogen (secondary N) is 1. The number of fused-ring (bicyclic) bond motifs is 1. The minimum absolute atomic E-state index is 0.234. The smallest absolute Gasteiger partial charge is 0.273 e. The van der Waals surface area contributed by atoms with Crippen LogP contribution in [0, 0.1) is 17.0 Å². The van der Waals surface area contributed by atoms with E-state index in [1.54, 1.807) is 12.1 Å². The summed E-state index contributed by atoms with van der Waals surface area (Å²) in [7, 11) is -2.81. The summed E-state index contributed by atoms with van der Waals surface area (Å²) >= 11 is 0. The van der Waals surface area contributed by atoms with Crippen LogP contribution < -0.4 is 19.3 Å². The van der Waals surface area contributed by atoms with Crippen molar-refractivity contribution >= 4 is 33.0 Å².